The highest BCUT2D eigenvalue weighted by Gasteiger charge is 2.39. The second-order valence-corrected chi connectivity index (χ2v) is 12.4. The molecule has 0 atom stereocenters. The third kappa shape index (κ3) is 12.0. The molecule has 2 aliphatic rings. The number of aryl methyl sites for hydroxylation is 2. The van der Waals surface area contributed by atoms with Crippen LogP contribution in [0.1, 0.15) is 40.1 Å². The van der Waals surface area contributed by atoms with Crippen LogP contribution in [0.3, 0.4) is 0 Å². The van der Waals surface area contributed by atoms with Gasteiger partial charge in [-0.15, -0.1) is 0 Å². The number of nitrogens with one attached hydrogen (secondary N) is 2. The van der Waals surface area contributed by atoms with E-state index in [2.05, 4.69) is 36.8 Å². The van der Waals surface area contributed by atoms with Gasteiger partial charge in [-0.3, -0.25) is 14.6 Å². The number of pyridine rings is 1. The maximum atomic E-state index is 13.4. The number of piperidine rings is 1. The van der Waals surface area contributed by atoms with Crippen LogP contribution in [0.25, 0.3) is 0 Å². The lowest BCUT2D eigenvalue weighted by Gasteiger charge is -2.33. The normalized spacial score (nSPS) is 14.1. The van der Waals surface area contributed by atoms with Crippen molar-refractivity contribution < 1.29 is 60.3 Å². The molecule has 1 fully saturated rings. The third-order valence-corrected chi connectivity index (χ3v) is 8.27. The van der Waals surface area contributed by atoms with Gasteiger partial charge in [-0.25, -0.2) is 14.6 Å². The molecule has 0 radical (unpaired) electrons. The SMILES string of the molecule is CN(Cc1ccc2cc1CCc1cncc(c1)Nc1ncc(Cl)c(n1)N2)C(=O)C1CCN(C(=O)c2ccno2)CC1.O=C(O)C(F)(F)F.O=C(O)C(F)(F)F. The lowest BCUT2D eigenvalue weighted by molar-refractivity contribution is -0.193. The minimum atomic E-state index is -5.08. The lowest BCUT2D eigenvalue weighted by atomic mass is 9.94. The van der Waals surface area contributed by atoms with Crippen molar-refractivity contribution in [2.24, 2.45) is 5.92 Å². The first-order valence-electron chi connectivity index (χ1n) is 16.0. The summed E-state index contributed by atoms with van der Waals surface area (Å²) in [5.74, 6) is -4.63. The molecule has 0 unspecified atom stereocenters. The molecule has 5 heterocycles. The monoisotopic (exact) mass is 800 g/mol. The van der Waals surface area contributed by atoms with Crippen LogP contribution in [0.15, 0.2) is 59.6 Å². The number of hydrogen-bond acceptors (Lipinski definition) is 11. The Kier molecular flexibility index (Phi) is 13.6. The average molecular weight is 801 g/mol. The van der Waals surface area contributed by atoms with Crippen molar-refractivity contribution in [1.82, 2.24) is 29.9 Å². The summed E-state index contributed by atoms with van der Waals surface area (Å²) in [5, 5.41) is 24.8. The first kappa shape index (κ1) is 41.8. The van der Waals surface area contributed by atoms with Crippen LogP contribution >= 0.6 is 11.6 Å². The minimum Gasteiger partial charge on any atom is -0.475 e. The van der Waals surface area contributed by atoms with E-state index < -0.39 is 24.3 Å². The Bertz CT molecular complexity index is 1970. The van der Waals surface area contributed by atoms with Crippen LogP contribution in [0.5, 0.6) is 0 Å². The fourth-order valence-electron chi connectivity index (χ4n) is 5.30. The van der Waals surface area contributed by atoms with Crippen LogP contribution in [0.4, 0.5) is 49.5 Å². The highest BCUT2D eigenvalue weighted by Crippen LogP contribution is 2.29. The van der Waals surface area contributed by atoms with Gasteiger partial charge in [-0.05, 0) is 60.6 Å². The number of carbonyl (C=O) groups excluding carboxylic acids is 2. The van der Waals surface area contributed by atoms with Crippen LogP contribution in [0, 0.1) is 5.92 Å². The molecular weight excluding hydrogens is 770 g/mol. The predicted octanol–water partition coefficient (Wildman–Crippen LogP) is 5.88. The Morgan fingerprint density at radius 1 is 0.927 bits per heavy atom. The molecule has 6 rings (SSSR count). The number of anilines is 4. The molecular formula is C33H31ClF6N8O7. The van der Waals surface area contributed by atoms with E-state index in [4.69, 9.17) is 35.9 Å². The molecule has 1 aromatic carbocycles. The number of carboxylic acid groups (broad SMARTS) is 2. The van der Waals surface area contributed by atoms with Gasteiger partial charge in [0.05, 0.1) is 24.3 Å². The van der Waals surface area contributed by atoms with Crippen LogP contribution in [0.2, 0.25) is 5.02 Å². The molecule has 0 saturated carbocycles. The number of carboxylic acids is 2. The molecule has 0 aliphatic carbocycles. The zero-order valence-electron chi connectivity index (χ0n) is 28.5. The smallest absolute Gasteiger partial charge is 0.475 e. The number of alkyl halides is 6. The van der Waals surface area contributed by atoms with Gasteiger partial charge in [0.2, 0.25) is 17.6 Å². The van der Waals surface area contributed by atoms with Gasteiger partial charge < -0.3 is 35.2 Å². The van der Waals surface area contributed by atoms with Gasteiger partial charge in [-0.1, -0.05) is 22.8 Å². The van der Waals surface area contributed by atoms with Gasteiger partial charge in [0.25, 0.3) is 5.91 Å². The van der Waals surface area contributed by atoms with E-state index >= 15 is 0 Å². The van der Waals surface area contributed by atoms with E-state index in [-0.39, 0.29) is 23.5 Å². The second kappa shape index (κ2) is 17.9. The molecule has 6 bridgehead atoms. The van der Waals surface area contributed by atoms with Crippen molar-refractivity contribution in [3.05, 3.63) is 82.6 Å². The Hall–Kier alpha value is -5.99. The molecule has 4 aromatic rings. The number of likely N-dealkylation sites (tertiary alicyclic amines) is 1. The number of hydrogen-bond donors (Lipinski definition) is 4. The van der Waals surface area contributed by atoms with E-state index in [0.29, 0.717) is 49.3 Å². The van der Waals surface area contributed by atoms with Crippen molar-refractivity contribution in [3.8, 4) is 0 Å². The van der Waals surface area contributed by atoms with Crippen molar-refractivity contribution in [2.75, 3.05) is 30.8 Å². The molecule has 22 heteroatoms. The van der Waals surface area contributed by atoms with Crippen molar-refractivity contribution in [3.63, 3.8) is 0 Å². The number of fused-ring (bicyclic) bond motifs is 6. The fraction of sp³-hybridized carbons (Fsp3) is 0.333. The maximum absolute atomic E-state index is 13.4. The number of carbonyl (C=O) groups is 4. The number of aromatic nitrogens is 4. The van der Waals surface area contributed by atoms with Crippen molar-refractivity contribution in [1.29, 1.82) is 0 Å². The third-order valence-electron chi connectivity index (χ3n) is 8.00. The summed E-state index contributed by atoms with van der Waals surface area (Å²) in [4.78, 5) is 60.5. The molecule has 15 nitrogen and oxygen atoms in total. The number of amides is 2. The summed E-state index contributed by atoms with van der Waals surface area (Å²) in [6, 6.07) is 9.69. The topological polar surface area (TPSA) is 204 Å². The molecule has 2 amide bonds. The van der Waals surface area contributed by atoms with Crippen LogP contribution in [-0.4, -0.2) is 96.4 Å². The Morgan fingerprint density at radius 2 is 1.58 bits per heavy atom. The number of aliphatic carboxylic acids is 2. The highest BCUT2D eigenvalue weighted by atomic mass is 35.5. The fourth-order valence-corrected chi connectivity index (χ4v) is 5.44. The van der Waals surface area contributed by atoms with E-state index in [0.717, 1.165) is 40.9 Å². The van der Waals surface area contributed by atoms with E-state index in [1.54, 1.807) is 28.3 Å². The molecule has 4 N–H and O–H groups in total. The van der Waals surface area contributed by atoms with E-state index in [1.807, 2.05) is 31.4 Å². The highest BCUT2D eigenvalue weighted by molar-refractivity contribution is 6.32. The van der Waals surface area contributed by atoms with Crippen LogP contribution in [-0.2, 0) is 33.8 Å². The molecule has 55 heavy (non-hydrogen) atoms. The summed E-state index contributed by atoms with van der Waals surface area (Å²) in [5.41, 5.74) is 4.89. The Balaban J connectivity index is 0.000000410. The Morgan fingerprint density at radius 3 is 2.18 bits per heavy atom. The molecule has 2 aliphatic heterocycles. The predicted molar refractivity (Wildman–Crippen MR) is 181 cm³/mol. The standard InChI is InChI=1S/C29H29ClN8O3.2C2HF3O2/c1-37(27(39)19-7-10-38(11-8-19)28(40)25-6-9-33-41-25)17-21-4-5-22-13-20(21)3-2-18-12-23(15-31-14-18)35-29-32-16-24(30)26(34-22)36-29;2*3-2(4,5)1(6)7/h4-6,9,12-16,19H,2-3,7-8,10-11,17H2,1H3,(H2,32,34,35,36);2*(H,6,7). The van der Waals surface area contributed by atoms with Crippen molar-refractivity contribution in [2.45, 2.75) is 44.6 Å². The van der Waals surface area contributed by atoms with Gasteiger partial charge in [0.15, 0.2) is 5.82 Å². The van der Waals surface area contributed by atoms with Gasteiger partial charge in [0.1, 0.15) is 5.02 Å². The molecule has 1 saturated heterocycles. The van der Waals surface area contributed by atoms with Gasteiger partial charge in [0, 0.05) is 50.6 Å². The second-order valence-electron chi connectivity index (χ2n) is 11.9. The summed E-state index contributed by atoms with van der Waals surface area (Å²) < 4.78 is 68.5. The summed E-state index contributed by atoms with van der Waals surface area (Å²) in [6.07, 6.45) is -0.816. The molecule has 0 spiro atoms. The lowest BCUT2D eigenvalue weighted by Crippen LogP contribution is -2.43. The maximum Gasteiger partial charge on any atom is 0.490 e. The van der Waals surface area contributed by atoms with Crippen molar-refractivity contribution >= 4 is 58.5 Å². The summed E-state index contributed by atoms with van der Waals surface area (Å²) in [7, 11) is 1.84. The van der Waals surface area contributed by atoms with E-state index in [9.17, 15) is 35.9 Å². The molecule has 294 valence electrons. The average Bonchev–Trinajstić information content (AvgIpc) is 3.67. The molecule has 3 aromatic heterocycles. The summed E-state index contributed by atoms with van der Waals surface area (Å²) >= 11 is 6.39. The first-order valence-corrected chi connectivity index (χ1v) is 16.4. The quantitative estimate of drug-likeness (QED) is 0.179. The van der Waals surface area contributed by atoms with Gasteiger partial charge in [-0.2, -0.15) is 31.3 Å². The zero-order valence-corrected chi connectivity index (χ0v) is 29.2. The number of benzene rings is 1. The van der Waals surface area contributed by atoms with Gasteiger partial charge >= 0.3 is 24.3 Å². The largest absolute Gasteiger partial charge is 0.490 e. The Labute approximate surface area is 312 Å². The summed E-state index contributed by atoms with van der Waals surface area (Å²) in [6.45, 7) is 1.49. The minimum absolute atomic E-state index is 0.0825. The number of nitrogens with zero attached hydrogens (tertiary/aromatic N) is 6. The number of halogens is 7. The van der Waals surface area contributed by atoms with Crippen LogP contribution < -0.4 is 10.6 Å². The first-order chi connectivity index (χ1) is 25.8. The number of rotatable bonds is 4. The van der Waals surface area contributed by atoms with E-state index in [1.165, 1.54) is 6.20 Å². The zero-order chi connectivity index (χ0) is 40.5.